The molecule has 2 atom stereocenters. The van der Waals surface area contributed by atoms with Gasteiger partial charge in [-0.3, -0.25) is 4.90 Å². The van der Waals surface area contributed by atoms with Crippen molar-refractivity contribution < 1.29 is 14.9 Å². The van der Waals surface area contributed by atoms with Crippen LogP contribution in [0, 0.1) is 0 Å². The molecule has 0 radical (unpaired) electrons. The molecule has 112 valence electrons. The fraction of sp³-hybridized carbons (Fsp3) is 0.600. The van der Waals surface area contributed by atoms with E-state index in [9.17, 15) is 10.2 Å². The normalized spacial score (nSPS) is 21.6. The van der Waals surface area contributed by atoms with Crippen molar-refractivity contribution in [3.05, 3.63) is 29.3 Å². The Kier molecular flexibility index (Phi) is 6.10. The van der Waals surface area contributed by atoms with Crippen molar-refractivity contribution in [3.63, 3.8) is 0 Å². The molecule has 2 rings (SSSR count). The topological polar surface area (TPSA) is 52.9 Å². The first-order valence-corrected chi connectivity index (χ1v) is 7.48. The molecule has 4 nitrogen and oxygen atoms in total. The number of aliphatic hydroxyl groups is 2. The van der Waals surface area contributed by atoms with Crippen LogP contribution in [0.5, 0.6) is 5.75 Å². The molecule has 1 aromatic carbocycles. The van der Waals surface area contributed by atoms with Gasteiger partial charge < -0.3 is 14.9 Å². The van der Waals surface area contributed by atoms with Crippen molar-refractivity contribution in [2.24, 2.45) is 0 Å². The van der Waals surface area contributed by atoms with Gasteiger partial charge >= 0.3 is 0 Å². The summed E-state index contributed by atoms with van der Waals surface area (Å²) in [7, 11) is 0. The van der Waals surface area contributed by atoms with E-state index < -0.39 is 6.10 Å². The zero-order valence-corrected chi connectivity index (χ0v) is 12.3. The summed E-state index contributed by atoms with van der Waals surface area (Å²) < 4.78 is 5.54. The van der Waals surface area contributed by atoms with E-state index in [4.69, 9.17) is 16.3 Å². The van der Waals surface area contributed by atoms with Gasteiger partial charge in [-0.1, -0.05) is 18.0 Å². The maximum atomic E-state index is 10.1. The monoisotopic (exact) mass is 299 g/mol. The minimum atomic E-state index is -0.558. The van der Waals surface area contributed by atoms with Gasteiger partial charge in [-0.05, 0) is 43.7 Å². The van der Waals surface area contributed by atoms with Gasteiger partial charge in [-0.25, -0.2) is 0 Å². The predicted octanol–water partition coefficient (Wildman–Crippen LogP) is 1.93. The minimum Gasteiger partial charge on any atom is -0.491 e. The van der Waals surface area contributed by atoms with E-state index in [1.807, 2.05) is 0 Å². The summed E-state index contributed by atoms with van der Waals surface area (Å²) in [5.41, 5.74) is 0. The highest BCUT2D eigenvalue weighted by atomic mass is 35.5. The molecule has 0 unspecified atom stereocenters. The molecule has 1 aromatic rings. The quantitative estimate of drug-likeness (QED) is 0.843. The van der Waals surface area contributed by atoms with Gasteiger partial charge in [0, 0.05) is 17.6 Å². The maximum absolute atomic E-state index is 10.1. The van der Waals surface area contributed by atoms with Crippen molar-refractivity contribution in [2.45, 2.75) is 31.4 Å². The van der Waals surface area contributed by atoms with Gasteiger partial charge in [0.05, 0.1) is 6.61 Å². The van der Waals surface area contributed by atoms with Crippen molar-refractivity contribution in [3.8, 4) is 5.75 Å². The van der Waals surface area contributed by atoms with Gasteiger partial charge in [0.2, 0.25) is 0 Å². The molecule has 0 bridgehead atoms. The smallest absolute Gasteiger partial charge is 0.119 e. The van der Waals surface area contributed by atoms with E-state index in [0.29, 0.717) is 17.3 Å². The van der Waals surface area contributed by atoms with Crippen LogP contribution in [0.4, 0.5) is 0 Å². The van der Waals surface area contributed by atoms with E-state index in [0.717, 1.165) is 25.8 Å². The van der Waals surface area contributed by atoms with Crippen molar-refractivity contribution in [2.75, 3.05) is 26.3 Å². The molecule has 1 saturated heterocycles. The van der Waals surface area contributed by atoms with Gasteiger partial charge in [0.1, 0.15) is 18.5 Å². The third-order valence-electron chi connectivity index (χ3n) is 3.66. The molecule has 1 fully saturated rings. The lowest BCUT2D eigenvalue weighted by molar-refractivity contribution is 0.0232. The second-order valence-electron chi connectivity index (χ2n) is 5.25. The van der Waals surface area contributed by atoms with E-state index in [1.54, 1.807) is 24.3 Å². The van der Waals surface area contributed by atoms with Crippen molar-refractivity contribution in [1.82, 2.24) is 4.90 Å². The number of aliphatic hydroxyl groups excluding tert-OH is 2. The van der Waals surface area contributed by atoms with E-state index in [2.05, 4.69) is 4.90 Å². The Hall–Kier alpha value is -0.810. The number of β-amino-alcohol motifs (C(OH)–C–C–N with tert-alkyl or cyclic N) is 1. The Labute approximate surface area is 124 Å². The summed E-state index contributed by atoms with van der Waals surface area (Å²) in [6, 6.07) is 7.26. The van der Waals surface area contributed by atoms with Gasteiger partial charge in [-0.15, -0.1) is 0 Å². The average molecular weight is 300 g/mol. The molecule has 0 aliphatic carbocycles. The summed E-state index contributed by atoms with van der Waals surface area (Å²) in [5, 5.41) is 20.1. The third kappa shape index (κ3) is 4.63. The minimum absolute atomic E-state index is 0.158. The first-order chi connectivity index (χ1) is 9.69. The number of nitrogens with zero attached hydrogens (tertiary/aromatic N) is 1. The fourth-order valence-electron chi connectivity index (χ4n) is 2.55. The SMILES string of the molecule is OC[C@@H]1CCCCN1C[C@@H](O)COc1ccc(Cl)cc1. The van der Waals surface area contributed by atoms with Crippen LogP contribution >= 0.6 is 11.6 Å². The number of hydrogen-bond acceptors (Lipinski definition) is 4. The number of rotatable bonds is 6. The highest BCUT2D eigenvalue weighted by Crippen LogP contribution is 2.18. The van der Waals surface area contributed by atoms with Crippen LogP contribution in [0.25, 0.3) is 0 Å². The second kappa shape index (κ2) is 7.84. The Balaban J connectivity index is 1.76. The van der Waals surface area contributed by atoms with Crippen LogP contribution in [0.1, 0.15) is 19.3 Å². The number of halogens is 1. The summed E-state index contributed by atoms with van der Waals surface area (Å²) >= 11 is 5.80. The maximum Gasteiger partial charge on any atom is 0.119 e. The molecule has 0 saturated carbocycles. The number of likely N-dealkylation sites (tertiary alicyclic amines) is 1. The zero-order valence-electron chi connectivity index (χ0n) is 11.5. The summed E-state index contributed by atoms with van der Waals surface area (Å²) in [4.78, 5) is 2.15. The predicted molar refractivity (Wildman–Crippen MR) is 79.3 cm³/mol. The van der Waals surface area contributed by atoms with Crippen molar-refractivity contribution >= 4 is 11.6 Å². The average Bonchev–Trinajstić information content (AvgIpc) is 2.47. The first kappa shape index (κ1) is 15.6. The van der Waals surface area contributed by atoms with Crippen LogP contribution in [0.2, 0.25) is 5.02 Å². The molecule has 0 aromatic heterocycles. The van der Waals surface area contributed by atoms with E-state index in [1.165, 1.54) is 0 Å². The number of piperidine rings is 1. The van der Waals surface area contributed by atoms with Crippen LogP contribution in [0.15, 0.2) is 24.3 Å². The van der Waals surface area contributed by atoms with Gasteiger partial charge in [-0.2, -0.15) is 0 Å². The second-order valence-corrected chi connectivity index (χ2v) is 5.68. The van der Waals surface area contributed by atoms with Gasteiger partial charge in [0.25, 0.3) is 0 Å². The summed E-state index contributed by atoms with van der Waals surface area (Å²) in [6.07, 6.45) is 2.72. The molecule has 1 aliphatic heterocycles. The standard InChI is InChI=1S/C15H22ClNO3/c16-12-4-6-15(7-5-12)20-11-14(19)9-17-8-2-1-3-13(17)10-18/h4-7,13-14,18-19H,1-3,8-11H2/t13-,14+/m0/s1. The van der Waals surface area contributed by atoms with E-state index in [-0.39, 0.29) is 19.3 Å². The molecule has 1 aliphatic rings. The molecule has 20 heavy (non-hydrogen) atoms. The number of benzene rings is 1. The largest absolute Gasteiger partial charge is 0.491 e. The Morgan fingerprint density at radius 3 is 2.75 bits per heavy atom. The first-order valence-electron chi connectivity index (χ1n) is 7.10. The Morgan fingerprint density at radius 2 is 2.05 bits per heavy atom. The number of ether oxygens (including phenoxy) is 1. The molecule has 1 heterocycles. The summed E-state index contributed by atoms with van der Waals surface area (Å²) in [5.74, 6) is 0.700. The molecular weight excluding hydrogens is 278 g/mol. The van der Waals surface area contributed by atoms with Crippen LogP contribution in [-0.2, 0) is 0 Å². The van der Waals surface area contributed by atoms with Crippen molar-refractivity contribution in [1.29, 1.82) is 0 Å². The fourth-order valence-corrected chi connectivity index (χ4v) is 2.68. The van der Waals surface area contributed by atoms with E-state index >= 15 is 0 Å². The third-order valence-corrected chi connectivity index (χ3v) is 3.91. The molecule has 0 spiro atoms. The lowest BCUT2D eigenvalue weighted by atomic mass is 10.0. The van der Waals surface area contributed by atoms with Crippen LogP contribution < -0.4 is 4.74 Å². The van der Waals surface area contributed by atoms with Crippen LogP contribution in [-0.4, -0.2) is 53.6 Å². The highest BCUT2D eigenvalue weighted by molar-refractivity contribution is 6.30. The molecule has 5 heteroatoms. The highest BCUT2D eigenvalue weighted by Gasteiger charge is 2.23. The molecule has 0 amide bonds. The Morgan fingerprint density at radius 1 is 1.30 bits per heavy atom. The van der Waals surface area contributed by atoms with Gasteiger partial charge in [0.15, 0.2) is 0 Å². The lowest BCUT2D eigenvalue weighted by Gasteiger charge is -2.35. The molecular formula is C15H22ClNO3. The zero-order chi connectivity index (χ0) is 14.4. The van der Waals surface area contributed by atoms with Crippen LogP contribution in [0.3, 0.4) is 0 Å². The lowest BCUT2D eigenvalue weighted by Crippen LogP contribution is -2.46. The number of hydrogen-bond donors (Lipinski definition) is 2. The summed E-state index contributed by atoms with van der Waals surface area (Å²) in [6.45, 7) is 1.88. The Bertz CT molecular complexity index is 399. The molecule has 2 N–H and O–H groups in total.